The lowest BCUT2D eigenvalue weighted by atomic mass is 9.72. The van der Waals surface area contributed by atoms with Gasteiger partial charge in [0.05, 0.1) is 5.60 Å². The van der Waals surface area contributed by atoms with E-state index in [1.54, 1.807) is 0 Å². The minimum Gasteiger partial charge on any atom is -0.481 e. The van der Waals surface area contributed by atoms with Gasteiger partial charge in [-0.15, -0.1) is 0 Å². The monoisotopic (exact) mass is 214 g/mol. The van der Waals surface area contributed by atoms with Crippen LogP contribution in [0.4, 0.5) is 0 Å². The minimum absolute atomic E-state index is 0.269. The van der Waals surface area contributed by atoms with E-state index in [0.717, 1.165) is 32.1 Å². The zero-order valence-electron chi connectivity index (χ0n) is 9.70. The third-order valence-corrected chi connectivity index (χ3v) is 3.81. The van der Waals surface area contributed by atoms with Gasteiger partial charge in [-0.25, -0.2) is 0 Å². The molecule has 88 valence electrons. The Kier molecular flexibility index (Phi) is 4.14. The largest absolute Gasteiger partial charge is 0.481 e. The van der Waals surface area contributed by atoms with Crippen LogP contribution in [0.25, 0.3) is 0 Å². The molecular formula is C12H22O3. The van der Waals surface area contributed by atoms with Crippen molar-refractivity contribution in [3.05, 3.63) is 0 Å². The van der Waals surface area contributed by atoms with E-state index in [9.17, 15) is 9.90 Å². The predicted molar refractivity (Wildman–Crippen MR) is 58.6 cm³/mol. The summed E-state index contributed by atoms with van der Waals surface area (Å²) >= 11 is 0. The quantitative estimate of drug-likeness (QED) is 0.755. The molecule has 2 N–H and O–H groups in total. The van der Waals surface area contributed by atoms with Crippen LogP contribution in [0.5, 0.6) is 0 Å². The first-order chi connectivity index (χ1) is 6.94. The third kappa shape index (κ3) is 3.49. The van der Waals surface area contributed by atoms with Crippen molar-refractivity contribution in [1.82, 2.24) is 0 Å². The first kappa shape index (κ1) is 12.5. The molecule has 0 aliphatic heterocycles. The average Bonchev–Trinajstić information content (AvgIpc) is 2.16. The van der Waals surface area contributed by atoms with Gasteiger partial charge in [0.15, 0.2) is 0 Å². The number of hydrogen-bond acceptors (Lipinski definition) is 2. The van der Waals surface area contributed by atoms with Gasteiger partial charge in [-0.3, -0.25) is 4.79 Å². The van der Waals surface area contributed by atoms with Crippen molar-refractivity contribution in [2.75, 3.05) is 0 Å². The Labute approximate surface area is 91.5 Å². The molecule has 0 heterocycles. The molecule has 1 aliphatic carbocycles. The van der Waals surface area contributed by atoms with Crippen molar-refractivity contribution in [3.8, 4) is 0 Å². The minimum atomic E-state index is -0.709. The second-order valence-corrected chi connectivity index (χ2v) is 5.13. The highest BCUT2D eigenvalue weighted by Crippen LogP contribution is 2.38. The van der Waals surface area contributed by atoms with Gasteiger partial charge >= 0.3 is 5.97 Å². The van der Waals surface area contributed by atoms with E-state index in [4.69, 9.17) is 5.11 Å². The maximum Gasteiger partial charge on any atom is 0.303 e. The lowest BCUT2D eigenvalue weighted by Gasteiger charge is -2.39. The highest BCUT2D eigenvalue weighted by atomic mass is 16.4. The Morgan fingerprint density at radius 3 is 2.33 bits per heavy atom. The molecular weight excluding hydrogens is 192 g/mol. The molecule has 0 aromatic carbocycles. The zero-order chi connectivity index (χ0) is 11.5. The van der Waals surface area contributed by atoms with Crippen LogP contribution in [0.1, 0.15) is 52.4 Å². The van der Waals surface area contributed by atoms with Gasteiger partial charge in [0.25, 0.3) is 0 Å². The lowest BCUT2D eigenvalue weighted by molar-refractivity contribution is -0.137. The van der Waals surface area contributed by atoms with Crippen molar-refractivity contribution < 1.29 is 15.0 Å². The molecule has 3 nitrogen and oxygen atoms in total. The molecule has 1 fully saturated rings. The Balaban J connectivity index is 2.32. The van der Waals surface area contributed by atoms with Gasteiger partial charge in [-0.1, -0.05) is 13.8 Å². The molecule has 1 saturated carbocycles. The summed E-state index contributed by atoms with van der Waals surface area (Å²) < 4.78 is 0. The SMILES string of the molecule is CC(C)C1(O)CCC(CCC(=O)O)CC1. The molecule has 15 heavy (non-hydrogen) atoms. The molecule has 1 rings (SSSR count). The van der Waals surface area contributed by atoms with Gasteiger partial charge in [-0.2, -0.15) is 0 Å². The van der Waals surface area contributed by atoms with Crippen molar-refractivity contribution in [2.45, 2.75) is 58.0 Å². The second-order valence-electron chi connectivity index (χ2n) is 5.13. The lowest BCUT2D eigenvalue weighted by Crippen LogP contribution is -2.39. The second kappa shape index (κ2) is 4.97. The van der Waals surface area contributed by atoms with Crippen LogP contribution in [0, 0.1) is 11.8 Å². The van der Waals surface area contributed by atoms with Gasteiger partial charge in [0.1, 0.15) is 0 Å². The standard InChI is InChI=1S/C12H22O3/c1-9(2)12(15)7-5-10(6-8-12)3-4-11(13)14/h9-10,15H,3-8H2,1-2H3,(H,13,14). The van der Waals surface area contributed by atoms with E-state index in [-0.39, 0.29) is 6.42 Å². The highest BCUT2D eigenvalue weighted by Gasteiger charge is 2.35. The van der Waals surface area contributed by atoms with Crippen LogP contribution in [0.15, 0.2) is 0 Å². The van der Waals surface area contributed by atoms with E-state index in [1.807, 2.05) is 0 Å². The van der Waals surface area contributed by atoms with Crippen molar-refractivity contribution in [2.24, 2.45) is 11.8 Å². The summed E-state index contributed by atoms with van der Waals surface area (Å²) in [5.41, 5.74) is -0.500. The van der Waals surface area contributed by atoms with Crippen LogP contribution in [0.3, 0.4) is 0 Å². The van der Waals surface area contributed by atoms with E-state index >= 15 is 0 Å². The molecule has 0 amide bonds. The average molecular weight is 214 g/mol. The van der Waals surface area contributed by atoms with E-state index in [1.165, 1.54) is 0 Å². The summed E-state index contributed by atoms with van der Waals surface area (Å²) in [6.07, 6.45) is 4.64. The summed E-state index contributed by atoms with van der Waals surface area (Å²) in [5, 5.41) is 18.8. The fraction of sp³-hybridized carbons (Fsp3) is 0.917. The molecule has 0 unspecified atom stereocenters. The zero-order valence-corrected chi connectivity index (χ0v) is 9.70. The van der Waals surface area contributed by atoms with E-state index in [0.29, 0.717) is 11.8 Å². The number of carbonyl (C=O) groups is 1. The fourth-order valence-electron chi connectivity index (χ4n) is 2.37. The Hall–Kier alpha value is -0.570. The summed E-state index contributed by atoms with van der Waals surface area (Å²) in [7, 11) is 0. The van der Waals surface area contributed by atoms with Crippen molar-refractivity contribution >= 4 is 5.97 Å². The van der Waals surface area contributed by atoms with Gasteiger partial charge in [0, 0.05) is 6.42 Å². The maximum atomic E-state index is 10.4. The predicted octanol–water partition coefficient (Wildman–Crippen LogP) is 2.43. The van der Waals surface area contributed by atoms with E-state index < -0.39 is 11.6 Å². The fourth-order valence-corrected chi connectivity index (χ4v) is 2.37. The summed E-state index contributed by atoms with van der Waals surface area (Å²) in [6, 6.07) is 0. The molecule has 0 radical (unpaired) electrons. The first-order valence-electron chi connectivity index (χ1n) is 5.88. The normalized spacial score (nSPS) is 31.9. The van der Waals surface area contributed by atoms with Gasteiger partial charge < -0.3 is 10.2 Å². The Morgan fingerprint density at radius 2 is 1.93 bits per heavy atom. The Morgan fingerprint density at radius 1 is 1.40 bits per heavy atom. The summed E-state index contributed by atoms with van der Waals surface area (Å²) in [4.78, 5) is 10.4. The van der Waals surface area contributed by atoms with Crippen LogP contribution in [-0.2, 0) is 4.79 Å². The van der Waals surface area contributed by atoms with Gasteiger partial charge in [0.2, 0.25) is 0 Å². The summed E-state index contributed by atoms with van der Waals surface area (Å²) in [5.74, 6) is 0.0951. The van der Waals surface area contributed by atoms with Crippen LogP contribution >= 0.6 is 0 Å². The summed E-state index contributed by atoms with van der Waals surface area (Å²) in [6.45, 7) is 4.11. The van der Waals surface area contributed by atoms with Gasteiger partial charge in [-0.05, 0) is 43.9 Å². The van der Waals surface area contributed by atoms with Crippen molar-refractivity contribution in [1.29, 1.82) is 0 Å². The maximum absolute atomic E-state index is 10.4. The molecule has 0 bridgehead atoms. The molecule has 0 aromatic heterocycles. The van der Waals surface area contributed by atoms with Crippen LogP contribution < -0.4 is 0 Å². The molecule has 0 atom stereocenters. The Bertz CT molecular complexity index is 215. The molecule has 0 spiro atoms. The number of aliphatic hydroxyl groups is 1. The molecule has 3 heteroatoms. The number of carboxylic acids is 1. The first-order valence-corrected chi connectivity index (χ1v) is 5.88. The smallest absolute Gasteiger partial charge is 0.303 e. The number of carboxylic acid groups (broad SMARTS) is 1. The van der Waals surface area contributed by atoms with E-state index in [2.05, 4.69) is 13.8 Å². The van der Waals surface area contributed by atoms with Crippen molar-refractivity contribution in [3.63, 3.8) is 0 Å². The number of aliphatic carboxylic acids is 1. The third-order valence-electron chi connectivity index (χ3n) is 3.81. The number of hydrogen-bond donors (Lipinski definition) is 2. The number of rotatable bonds is 4. The topological polar surface area (TPSA) is 57.5 Å². The van der Waals surface area contributed by atoms with Crippen LogP contribution in [0.2, 0.25) is 0 Å². The van der Waals surface area contributed by atoms with Crippen LogP contribution in [-0.4, -0.2) is 21.8 Å². The molecule has 0 aromatic rings. The highest BCUT2D eigenvalue weighted by molar-refractivity contribution is 5.66. The molecule has 1 aliphatic rings. The molecule has 0 saturated heterocycles.